The second-order valence-corrected chi connectivity index (χ2v) is 5.53. The number of benzene rings is 1. The molecule has 1 aliphatic heterocycles. The van der Waals surface area contributed by atoms with Crippen molar-refractivity contribution in [1.29, 1.82) is 0 Å². The molecule has 0 saturated heterocycles. The first-order valence-electron chi connectivity index (χ1n) is 6.71. The number of fused-ring (bicyclic) bond motifs is 1. The fraction of sp³-hybridized carbons (Fsp3) is 0.438. The van der Waals surface area contributed by atoms with Crippen LogP contribution in [0.15, 0.2) is 30.9 Å². The van der Waals surface area contributed by atoms with Crippen LogP contribution in [0.3, 0.4) is 0 Å². The van der Waals surface area contributed by atoms with Gasteiger partial charge in [-0.15, -0.1) is 6.58 Å². The molecule has 1 aromatic rings. The summed E-state index contributed by atoms with van der Waals surface area (Å²) in [6.07, 6.45) is 2.55. The molecule has 4 nitrogen and oxygen atoms in total. The number of carbonyl (C=O) groups is 1. The third-order valence-corrected chi connectivity index (χ3v) is 3.34. The SMILES string of the molecule is C=CCNC(C(=O)OC)c1cccc2c1OC(C)(C)C2. The largest absolute Gasteiger partial charge is 0.487 e. The standard InChI is InChI=1S/C16H21NO3/c1-5-9-17-13(15(18)19-4)12-8-6-7-11-10-16(2,3)20-14(11)12/h5-8,13,17H,1,9-10H2,2-4H3. The van der Waals surface area contributed by atoms with E-state index in [-0.39, 0.29) is 11.6 Å². The average Bonchev–Trinajstić information content (AvgIpc) is 2.73. The molecule has 0 saturated carbocycles. The number of rotatable bonds is 5. The molecule has 0 bridgehead atoms. The van der Waals surface area contributed by atoms with Gasteiger partial charge < -0.3 is 9.47 Å². The molecule has 1 N–H and O–H groups in total. The van der Waals surface area contributed by atoms with E-state index in [4.69, 9.17) is 9.47 Å². The van der Waals surface area contributed by atoms with Gasteiger partial charge in [-0.05, 0) is 19.4 Å². The van der Waals surface area contributed by atoms with E-state index in [2.05, 4.69) is 11.9 Å². The smallest absolute Gasteiger partial charge is 0.327 e. The van der Waals surface area contributed by atoms with Crippen molar-refractivity contribution in [3.05, 3.63) is 42.0 Å². The van der Waals surface area contributed by atoms with Crippen molar-refractivity contribution in [3.63, 3.8) is 0 Å². The Kier molecular flexibility index (Phi) is 4.14. The summed E-state index contributed by atoms with van der Waals surface area (Å²) in [5, 5.41) is 3.12. The second-order valence-electron chi connectivity index (χ2n) is 5.53. The van der Waals surface area contributed by atoms with Crippen LogP contribution in [0.4, 0.5) is 0 Å². The third kappa shape index (κ3) is 2.85. The summed E-state index contributed by atoms with van der Waals surface area (Å²) < 4.78 is 10.9. The molecule has 2 rings (SSSR count). The van der Waals surface area contributed by atoms with Crippen LogP contribution >= 0.6 is 0 Å². The van der Waals surface area contributed by atoms with Crippen molar-refractivity contribution in [2.75, 3.05) is 13.7 Å². The molecule has 1 aliphatic rings. The van der Waals surface area contributed by atoms with E-state index >= 15 is 0 Å². The molecular weight excluding hydrogens is 254 g/mol. The molecule has 108 valence electrons. The molecule has 0 amide bonds. The van der Waals surface area contributed by atoms with Crippen molar-refractivity contribution < 1.29 is 14.3 Å². The van der Waals surface area contributed by atoms with Crippen LogP contribution in [0.5, 0.6) is 5.75 Å². The van der Waals surface area contributed by atoms with Gasteiger partial charge in [0.05, 0.1) is 7.11 Å². The zero-order chi connectivity index (χ0) is 14.8. The quantitative estimate of drug-likeness (QED) is 0.662. The predicted molar refractivity (Wildman–Crippen MR) is 77.8 cm³/mol. The summed E-state index contributed by atoms with van der Waals surface area (Å²) in [4.78, 5) is 12.0. The number of esters is 1. The van der Waals surface area contributed by atoms with Gasteiger partial charge in [-0.2, -0.15) is 0 Å². The van der Waals surface area contributed by atoms with Crippen LogP contribution in [-0.2, 0) is 16.0 Å². The molecule has 0 aliphatic carbocycles. The van der Waals surface area contributed by atoms with Gasteiger partial charge >= 0.3 is 5.97 Å². The molecular formula is C16H21NO3. The Morgan fingerprint density at radius 2 is 2.35 bits per heavy atom. The minimum atomic E-state index is -0.540. The molecule has 1 atom stereocenters. The Bertz CT molecular complexity index is 522. The van der Waals surface area contributed by atoms with E-state index in [1.165, 1.54) is 7.11 Å². The van der Waals surface area contributed by atoms with Crippen molar-refractivity contribution in [3.8, 4) is 5.75 Å². The first-order valence-corrected chi connectivity index (χ1v) is 6.71. The number of carbonyl (C=O) groups excluding carboxylic acids is 1. The predicted octanol–water partition coefficient (Wildman–Crippen LogP) is 2.39. The van der Waals surface area contributed by atoms with Gasteiger partial charge in [0.1, 0.15) is 17.4 Å². The van der Waals surface area contributed by atoms with E-state index < -0.39 is 6.04 Å². The number of nitrogens with one attached hydrogen (secondary N) is 1. The Morgan fingerprint density at radius 1 is 1.60 bits per heavy atom. The number of hydrogen-bond acceptors (Lipinski definition) is 4. The lowest BCUT2D eigenvalue weighted by Gasteiger charge is -2.21. The Morgan fingerprint density at radius 3 is 3.00 bits per heavy atom. The van der Waals surface area contributed by atoms with Gasteiger partial charge in [0.25, 0.3) is 0 Å². The van der Waals surface area contributed by atoms with Crippen LogP contribution in [0.25, 0.3) is 0 Å². The zero-order valence-electron chi connectivity index (χ0n) is 12.2. The maximum atomic E-state index is 12.0. The van der Waals surface area contributed by atoms with Crippen LogP contribution in [0.1, 0.15) is 31.0 Å². The number of para-hydroxylation sites is 1. The highest BCUT2D eigenvalue weighted by molar-refractivity contribution is 5.79. The lowest BCUT2D eigenvalue weighted by atomic mass is 9.98. The third-order valence-electron chi connectivity index (χ3n) is 3.34. The van der Waals surface area contributed by atoms with E-state index in [0.717, 1.165) is 23.3 Å². The van der Waals surface area contributed by atoms with Gasteiger partial charge in [0.2, 0.25) is 0 Å². The first-order chi connectivity index (χ1) is 9.48. The normalized spacial score (nSPS) is 16.9. The Hall–Kier alpha value is -1.81. The second kappa shape index (κ2) is 5.67. The van der Waals surface area contributed by atoms with E-state index in [1.807, 2.05) is 32.0 Å². The number of ether oxygens (including phenoxy) is 2. The maximum absolute atomic E-state index is 12.0. The molecule has 1 unspecified atom stereocenters. The summed E-state index contributed by atoms with van der Waals surface area (Å²) in [6, 6.07) is 5.35. The molecule has 0 radical (unpaired) electrons. The van der Waals surface area contributed by atoms with Crippen molar-refractivity contribution in [2.45, 2.75) is 31.9 Å². The number of methoxy groups -OCH3 is 1. The first kappa shape index (κ1) is 14.6. The minimum absolute atomic E-state index is 0.239. The van der Waals surface area contributed by atoms with E-state index in [0.29, 0.717) is 6.54 Å². The van der Waals surface area contributed by atoms with Crippen molar-refractivity contribution in [2.24, 2.45) is 0 Å². The van der Waals surface area contributed by atoms with Crippen molar-refractivity contribution >= 4 is 5.97 Å². The van der Waals surface area contributed by atoms with Crippen LogP contribution < -0.4 is 10.1 Å². The van der Waals surface area contributed by atoms with Gasteiger partial charge in [0, 0.05) is 18.5 Å². The van der Waals surface area contributed by atoms with Gasteiger partial charge in [-0.25, -0.2) is 4.79 Å². The molecule has 0 aromatic heterocycles. The highest BCUT2D eigenvalue weighted by atomic mass is 16.5. The van der Waals surface area contributed by atoms with Crippen molar-refractivity contribution in [1.82, 2.24) is 5.32 Å². The highest BCUT2D eigenvalue weighted by Crippen LogP contribution is 2.40. The van der Waals surface area contributed by atoms with E-state index in [9.17, 15) is 4.79 Å². The van der Waals surface area contributed by atoms with Crippen LogP contribution in [-0.4, -0.2) is 25.2 Å². The van der Waals surface area contributed by atoms with Gasteiger partial charge in [0.15, 0.2) is 0 Å². The Labute approximate surface area is 119 Å². The highest BCUT2D eigenvalue weighted by Gasteiger charge is 2.35. The topological polar surface area (TPSA) is 47.6 Å². The fourth-order valence-corrected chi connectivity index (χ4v) is 2.51. The summed E-state index contributed by atoms with van der Waals surface area (Å²) >= 11 is 0. The summed E-state index contributed by atoms with van der Waals surface area (Å²) in [7, 11) is 1.39. The summed E-state index contributed by atoms with van der Waals surface area (Å²) in [6.45, 7) is 8.27. The van der Waals surface area contributed by atoms with Crippen LogP contribution in [0.2, 0.25) is 0 Å². The lowest BCUT2D eigenvalue weighted by Crippen LogP contribution is -2.30. The molecule has 20 heavy (non-hydrogen) atoms. The number of hydrogen-bond donors (Lipinski definition) is 1. The zero-order valence-corrected chi connectivity index (χ0v) is 12.2. The minimum Gasteiger partial charge on any atom is -0.487 e. The molecule has 0 fully saturated rings. The molecule has 1 heterocycles. The summed E-state index contributed by atoms with van der Waals surface area (Å²) in [5.74, 6) is 0.470. The Balaban J connectivity index is 2.38. The average molecular weight is 275 g/mol. The van der Waals surface area contributed by atoms with Crippen LogP contribution in [0, 0.1) is 0 Å². The maximum Gasteiger partial charge on any atom is 0.327 e. The van der Waals surface area contributed by atoms with Gasteiger partial charge in [-0.1, -0.05) is 24.3 Å². The summed E-state index contributed by atoms with van der Waals surface area (Å²) in [5.41, 5.74) is 1.71. The van der Waals surface area contributed by atoms with E-state index in [1.54, 1.807) is 6.08 Å². The molecule has 1 aromatic carbocycles. The van der Waals surface area contributed by atoms with Gasteiger partial charge in [-0.3, -0.25) is 5.32 Å². The molecule has 0 spiro atoms. The lowest BCUT2D eigenvalue weighted by molar-refractivity contribution is -0.143. The fourth-order valence-electron chi connectivity index (χ4n) is 2.51. The monoisotopic (exact) mass is 275 g/mol. The molecule has 4 heteroatoms.